The quantitative estimate of drug-likeness (QED) is 0.113. The predicted octanol–water partition coefficient (Wildman–Crippen LogP) is 4.36. The van der Waals surface area contributed by atoms with Gasteiger partial charge in [-0.3, -0.25) is 14.4 Å². The second-order valence-corrected chi connectivity index (χ2v) is 12.0. The van der Waals surface area contributed by atoms with Crippen LogP contribution in [0.15, 0.2) is 78.9 Å². The molecule has 3 aromatic carbocycles. The Labute approximate surface area is 300 Å². The zero-order chi connectivity index (χ0) is 37.5. The lowest BCUT2D eigenvalue weighted by Crippen LogP contribution is -2.51. The average Bonchev–Trinajstić information content (AvgIpc) is 3.92. The molecule has 18 heteroatoms. The first kappa shape index (κ1) is 37.3. The minimum atomic E-state index is -4.64. The highest BCUT2D eigenvalue weighted by atomic mass is 35.5. The number of halogens is 4. The second kappa shape index (κ2) is 15.9. The number of para-hydroxylation sites is 1. The Hall–Kier alpha value is -5.97. The van der Waals surface area contributed by atoms with Gasteiger partial charge in [-0.25, -0.2) is 4.79 Å². The zero-order valence-corrected chi connectivity index (χ0v) is 28.4. The van der Waals surface area contributed by atoms with Gasteiger partial charge in [0.15, 0.2) is 6.61 Å². The minimum Gasteiger partial charge on any atom is -0.467 e. The van der Waals surface area contributed by atoms with Crippen LogP contribution in [0.5, 0.6) is 6.01 Å². The van der Waals surface area contributed by atoms with E-state index in [-0.39, 0.29) is 17.5 Å². The van der Waals surface area contributed by atoms with E-state index in [0.29, 0.717) is 29.2 Å². The van der Waals surface area contributed by atoms with Crippen LogP contribution in [0.1, 0.15) is 28.8 Å². The van der Waals surface area contributed by atoms with Gasteiger partial charge in [-0.05, 0) is 66.9 Å². The number of hydrogen-bond donors (Lipinski definition) is 4. The first-order chi connectivity index (χ1) is 24.7. The van der Waals surface area contributed by atoms with E-state index in [4.69, 9.17) is 21.1 Å². The summed E-state index contributed by atoms with van der Waals surface area (Å²) in [7, 11) is 2.51. The molecule has 52 heavy (non-hydrogen) atoms. The molecule has 4 aromatic rings. The van der Waals surface area contributed by atoms with Crippen LogP contribution in [0.25, 0.3) is 0 Å². The van der Waals surface area contributed by atoms with Crippen LogP contribution in [-0.2, 0) is 24.7 Å². The lowest BCUT2D eigenvalue weighted by atomic mass is 10.1. The van der Waals surface area contributed by atoms with Gasteiger partial charge in [-0.15, -0.1) is 0 Å². The summed E-state index contributed by atoms with van der Waals surface area (Å²) in [6, 6.07) is 19.3. The van der Waals surface area contributed by atoms with E-state index in [2.05, 4.69) is 36.2 Å². The maximum atomic E-state index is 13.0. The summed E-state index contributed by atoms with van der Waals surface area (Å²) < 4.78 is 48.4. The number of amides is 3. The Morgan fingerprint density at radius 3 is 2.19 bits per heavy atom. The first-order valence-electron chi connectivity index (χ1n) is 15.6. The lowest BCUT2D eigenvalue weighted by molar-refractivity contribution is -0.154. The van der Waals surface area contributed by atoms with Gasteiger partial charge in [-0.1, -0.05) is 41.9 Å². The third-order valence-corrected chi connectivity index (χ3v) is 8.03. The number of ether oxygens (including phenoxy) is 2. The number of hydrogen-bond acceptors (Lipinski definition) is 11. The number of alkyl halides is 3. The molecular formula is C34H32ClF3N8O6. The number of rotatable bonds is 13. The van der Waals surface area contributed by atoms with Crippen LogP contribution in [0, 0.1) is 0 Å². The van der Waals surface area contributed by atoms with Crippen molar-refractivity contribution >= 4 is 58.6 Å². The second-order valence-electron chi connectivity index (χ2n) is 11.5. The zero-order valence-electron chi connectivity index (χ0n) is 27.7. The van der Waals surface area contributed by atoms with Gasteiger partial charge in [0, 0.05) is 35.6 Å². The van der Waals surface area contributed by atoms with Crippen LogP contribution in [0.3, 0.4) is 0 Å². The van der Waals surface area contributed by atoms with Crippen molar-refractivity contribution in [2.45, 2.75) is 30.6 Å². The molecule has 0 aliphatic heterocycles. The molecule has 1 atom stereocenters. The Balaban J connectivity index is 1.25. The number of esters is 1. The van der Waals surface area contributed by atoms with Crippen molar-refractivity contribution in [3.63, 3.8) is 0 Å². The summed E-state index contributed by atoms with van der Waals surface area (Å²) >= 11 is 6.02. The van der Waals surface area contributed by atoms with E-state index in [9.17, 15) is 32.3 Å². The smallest absolute Gasteiger partial charge is 0.422 e. The lowest BCUT2D eigenvalue weighted by Gasteiger charge is -2.19. The van der Waals surface area contributed by atoms with Gasteiger partial charge < -0.3 is 35.6 Å². The third kappa shape index (κ3) is 9.84. The molecule has 0 unspecified atom stereocenters. The van der Waals surface area contributed by atoms with Gasteiger partial charge in [-0.2, -0.15) is 28.1 Å². The Morgan fingerprint density at radius 1 is 0.923 bits per heavy atom. The summed E-state index contributed by atoms with van der Waals surface area (Å²) in [5, 5.41) is 11.4. The molecule has 0 saturated heterocycles. The normalized spacial score (nSPS) is 13.6. The number of carbonyl (C=O) groups is 4. The summed E-state index contributed by atoms with van der Waals surface area (Å²) in [4.78, 5) is 64.0. The molecule has 0 radical (unpaired) electrons. The molecule has 0 bridgehead atoms. The predicted molar refractivity (Wildman–Crippen MR) is 183 cm³/mol. The largest absolute Gasteiger partial charge is 0.467 e. The summed E-state index contributed by atoms with van der Waals surface area (Å²) in [5.74, 6) is -3.66. The number of nitrogens with zero attached hydrogens (tertiary/aromatic N) is 4. The molecule has 3 amide bonds. The van der Waals surface area contributed by atoms with Crippen molar-refractivity contribution in [1.82, 2.24) is 25.6 Å². The maximum absolute atomic E-state index is 13.0. The molecule has 1 saturated carbocycles. The van der Waals surface area contributed by atoms with Gasteiger partial charge in [0.05, 0.1) is 12.6 Å². The average molecular weight is 741 g/mol. The molecule has 14 nitrogen and oxygen atoms in total. The van der Waals surface area contributed by atoms with Crippen LogP contribution in [0.4, 0.5) is 36.4 Å². The van der Waals surface area contributed by atoms with Crippen molar-refractivity contribution < 1.29 is 41.8 Å². The Morgan fingerprint density at radius 2 is 1.58 bits per heavy atom. The monoisotopic (exact) mass is 740 g/mol. The third-order valence-electron chi connectivity index (χ3n) is 7.78. The van der Waals surface area contributed by atoms with Crippen LogP contribution in [0.2, 0.25) is 5.02 Å². The van der Waals surface area contributed by atoms with Gasteiger partial charge in [0.1, 0.15) is 6.04 Å². The SMILES string of the molecule is COC(=O)[C@H](CNC(=O)C(=O)N(C)c1ccccc1)NC(=O)c1ccc(Nc2nc(NC3(c4ccc(Cl)cc4)CC3)nc(OCC(F)(F)F)n2)cc1. The fourth-order valence-electron chi connectivity index (χ4n) is 4.88. The Kier molecular flexibility index (Phi) is 11.4. The molecule has 1 aliphatic carbocycles. The topological polar surface area (TPSA) is 177 Å². The van der Waals surface area contributed by atoms with Gasteiger partial charge in [0.25, 0.3) is 5.91 Å². The van der Waals surface area contributed by atoms with E-state index in [1.807, 2.05) is 12.1 Å². The number of carbonyl (C=O) groups excluding carboxylic acids is 4. The molecule has 1 fully saturated rings. The maximum Gasteiger partial charge on any atom is 0.422 e. The fourth-order valence-corrected chi connectivity index (χ4v) is 5.00. The first-order valence-corrected chi connectivity index (χ1v) is 16.0. The molecule has 272 valence electrons. The molecule has 1 aliphatic rings. The van der Waals surface area contributed by atoms with Gasteiger partial charge >= 0.3 is 30.0 Å². The highest BCUT2D eigenvalue weighted by Gasteiger charge is 2.45. The highest BCUT2D eigenvalue weighted by Crippen LogP contribution is 2.48. The molecule has 1 aromatic heterocycles. The van der Waals surface area contributed by atoms with Gasteiger partial charge in [0.2, 0.25) is 11.9 Å². The van der Waals surface area contributed by atoms with E-state index in [0.717, 1.165) is 17.6 Å². The van der Waals surface area contributed by atoms with E-state index < -0.39 is 60.6 Å². The number of likely N-dealkylation sites (N-methyl/N-ethyl adjacent to an activating group) is 1. The molecular weight excluding hydrogens is 709 g/mol. The van der Waals surface area contributed by atoms with Crippen molar-refractivity contribution in [3.8, 4) is 6.01 Å². The molecule has 0 spiro atoms. The number of methoxy groups -OCH3 is 1. The van der Waals surface area contributed by atoms with Crippen LogP contribution in [-0.4, -0.2) is 78.2 Å². The molecule has 5 rings (SSSR count). The number of anilines is 4. The summed E-state index contributed by atoms with van der Waals surface area (Å²) in [5.41, 5.74) is 1.24. The van der Waals surface area contributed by atoms with E-state index in [1.165, 1.54) is 31.3 Å². The van der Waals surface area contributed by atoms with Crippen molar-refractivity contribution in [1.29, 1.82) is 0 Å². The van der Waals surface area contributed by atoms with Crippen molar-refractivity contribution in [3.05, 3.63) is 95.0 Å². The van der Waals surface area contributed by atoms with Crippen LogP contribution >= 0.6 is 11.6 Å². The standard InChI is InChI=1S/C34H32ClF3N8O6/c1-46(24-6-4-3-5-7-24)28(49)27(48)39-18-25(29(50)51-2)41-26(47)20-8-14-23(15-9-20)40-30-42-31(44-32(43-30)52-19-34(36,37)38)45-33(16-17-33)21-10-12-22(35)13-11-21/h3-15,25H,16-19H2,1-2H3,(H,39,48)(H,41,47)(H2,40,42,43,44,45)/t25-/m0/s1. The summed E-state index contributed by atoms with van der Waals surface area (Å²) in [6.07, 6.45) is -3.23. The summed E-state index contributed by atoms with van der Waals surface area (Å²) in [6.45, 7) is -2.07. The molecule has 4 N–H and O–H groups in total. The van der Waals surface area contributed by atoms with Crippen LogP contribution < -0.4 is 30.9 Å². The highest BCUT2D eigenvalue weighted by molar-refractivity contribution is 6.40. The fraction of sp³-hybridized carbons (Fsp3) is 0.265. The number of nitrogens with one attached hydrogen (secondary N) is 4. The van der Waals surface area contributed by atoms with Crippen molar-refractivity contribution in [2.24, 2.45) is 0 Å². The number of aromatic nitrogens is 3. The minimum absolute atomic E-state index is 0.0347. The van der Waals surface area contributed by atoms with E-state index in [1.54, 1.807) is 42.5 Å². The Bertz CT molecular complexity index is 1910. The van der Waals surface area contributed by atoms with E-state index >= 15 is 0 Å². The number of benzene rings is 3. The van der Waals surface area contributed by atoms with Crippen molar-refractivity contribution in [2.75, 3.05) is 42.8 Å². The molecule has 1 heterocycles.